The molecule has 144 valence electrons. The zero-order chi connectivity index (χ0) is 19.2. The number of fused-ring (bicyclic) bond motifs is 3. The molecule has 2 aliphatic rings. The molecule has 3 heterocycles. The van der Waals surface area contributed by atoms with E-state index in [0.29, 0.717) is 0 Å². The Morgan fingerprint density at radius 1 is 1.37 bits per heavy atom. The molecule has 0 bridgehead atoms. The van der Waals surface area contributed by atoms with Crippen molar-refractivity contribution in [3.63, 3.8) is 0 Å². The van der Waals surface area contributed by atoms with Crippen molar-refractivity contribution in [3.8, 4) is 0 Å². The SMILES string of the molecule is CC(C)(C)C(=O)OCn1ccnc1[C@@H]1Nc2ccc(F)cc2C2NCC[C@@H]21. The first-order valence-corrected chi connectivity index (χ1v) is 9.32. The number of ether oxygens (including phenoxy) is 1. The summed E-state index contributed by atoms with van der Waals surface area (Å²) in [5.41, 5.74) is 1.33. The number of imidazole rings is 1. The molecule has 2 aromatic rings. The molecule has 4 rings (SSSR count). The second-order valence-corrected chi connectivity index (χ2v) is 8.30. The van der Waals surface area contributed by atoms with Crippen LogP contribution in [0.1, 0.15) is 50.7 Å². The molecule has 3 atom stereocenters. The average Bonchev–Trinajstić information content (AvgIpc) is 3.27. The normalized spacial score (nSPS) is 24.1. The number of nitrogens with zero attached hydrogens (tertiary/aromatic N) is 2. The topological polar surface area (TPSA) is 68.2 Å². The molecule has 7 heteroatoms. The lowest BCUT2D eigenvalue weighted by molar-refractivity contribution is -0.157. The second kappa shape index (κ2) is 6.64. The first-order chi connectivity index (χ1) is 12.8. The highest BCUT2D eigenvalue weighted by molar-refractivity contribution is 5.75. The number of nitrogens with one attached hydrogen (secondary N) is 2. The third-order valence-electron chi connectivity index (χ3n) is 5.33. The molecule has 1 fully saturated rings. The minimum atomic E-state index is -0.548. The monoisotopic (exact) mass is 372 g/mol. The largest absolute Gasteiger partial charge is 0.443 e. The number of rotatable bonds is 3. The van der Waals surface area contributed by atoms with Crippen LogP contribution in [0.2, 0.25) is 0 Å². The van der Waals surface area contributed by atoms with Crippen LogP contribution in [0.3, 0.4) is 0 Å². The Labute approximate surface area is 158 Å². The van der Waals surface area contributed by atoms with Gasteiger partial charge in [-0.1, -0.05) is 0 Å². The molecule has 6 nitrogen and oxygen atoms in total. The van der Waals surface area contributed by atoms with Crippen LogP contribution < -0.4 is 10.6 Å². The summed E-state index contributed by atoms with van der Waals surface area (Å²) in [6.07, 6.45) is 4.51. The third kappa shape index (κ3) is 3.32. The number of carbonyl (C=O) groups excluding carboxylic acids is 1. The van der Waals surface area contributed by atoms with Crippen molar-refractivity contribution in [2.24, 2.45) is 11.3 Å². The number of halogens is 1. The van der Waals surface area contributed by atoms with Gasteiger partial charge in [-0.05, 0) is 57.5 Å². The molecule has 1 aromatic heterocycles. The molecule has 1 saturated heterocycles. The van der Waals surface area contributed by atoms with Gasteiger partial charge in [0, 0.05) is 30.0 Å². The Kier molecular flexibility index (Phi) is 4.42. The Morgan fingerprint density at radius 2 is 2.19 bits per heavy atom. The molecule has 0 radical (unpaired) electrons. The lowest BCUT2D eigenvalue weighted by Crippen LogP contribution is -2.34. The maximum absolute atomic E-state index is 13.7. The molecule has 0 spiro atoms. The maximum Gasteiger partial charge on any atom is 0.312 e. The summed E-state index contributed by atoms with van der Waals surface area (Å²) in [5, 5.41) is 7.02. The van der Waals surface area contributed by atoms with Crippen LogP contribution in [-0.4, -0.2) is 22.1 Å². The van der Waals surface area contributed by atoms with Gasteiger partial charge in [0.15, 0.2) is 6.73 Å². The van der Waals surface area contributed by atoms with Gasteiger partial charge in [0.1, 0.15) is 11.6 Å². The van der Waals surface area contributed by atoms with Crippen LogP contribution in [0.4, 0.5) is 10.1 Å². The zero-order valence-electron chi connectivity index (χ0n) is 15.8. The Hall–Kier alpha value is -2.41. The first kappa shape index (κ1) is 18.0. The average molecular weight is 372 g/mol. The van der Waals surface area contributed by atoms with Gasteiger partial charge in [0.05, 0.1) is 11.5 Å². The lowest BCUT2D eigenvalue weighted by atomic mass is 9.83. The van der Waals surface area contributed by atoms with Gasteiger partial charge < -0.3 is 15.4 Å². The van der Waals surface area contributed by atoms with E-state index in [1.54, 1.807) is 18.3 Å². The summed E-state index contributed by atoms with van der Waals surface area (Å²) >= 11 is 0. The number of carbonyl (C=O) groups is 1. The predicted octanol–water partition coefficient (Wildman–Crippen LogP) is 3.39. The fourth-order valence-corrected chi connectivity index (χ4v) is 3.93. The molecule has 0 saturated carbocycles. The second-order valence-electron chi connectivity index (χ2n) is 8.30. The summed E-state index contributed by atoms with van der Waals surface area (Å²) in [4.78, 5) is 16.6. The van der Waals surface area contributed by atoms with Crippen LogP contribution >= 0.6 is 0 Å². The highest BCUT2D eigenvalue weighted by Gasteiger charge is 2.42. The molecule has 2 aliphatic heterocycles. The highest BCUT2D eigenvalue weighted by atomic mass is 19.1. The van der Waals surface area contributed by atoms with Crippen molar-refractivity contribution in [3.05, 3.63) is 47.8 Å². The summed E-state index contributed by atoms with van der Waals surface area (Å²) in [6, 6.07) is 4.90. The molecular weight excluding hydrogens is 347 g/mol. The number of aromatic nitrogens is 2. The van der Waals surface area contributed by atoms with E-state index in [9.17, 15) is 9.18 Å². The van der Waals surface area contributed by atoms with E-state index in [-0.39, 0.29) is 36.5 Å². The Morgan fingerprint density at radius 3 is 2.96 bits per heavy atom. The third-order valence-corrected chi connectivity index (χ3v) is 5.33. The number of esters is 1. The quantitative estimate of drug-likeness (QED) is 0.809. The smallest absolute Gasteiger partial charge is 0.312 e. The number of hydrogen-bond acceptors (Lipinski definition) is 5. The number of benzene rings is 1. The van der Waals surface area contributed by atoms with Crippen LogP contribution in [-0.2, 0) is 16.3 Å². The molecular formula is C20H25FN4O2. The van der Waals surface area contributed by atoms with Crippen molar-refractivity contribution < 1.29 is 13.9 Å². The Bertz CT molecular complexity index is 858. The summed E-state index contributed by atoms with van der Waals surface area (Å²) < 4.78 is 21.1. The standard InChI is InChI=1S/C20H25FN4O2/c1-20(2,3)19(26)27-11-25-9-8-23-18(25)17-13-6-7-22-16(13)14-10-12(21)4-5-15(14)24-17/h4-5,8-10,13,16-17,22,24H,6-7,11H2,1-3H3/t13-,16?,17+/m0/s1. The van der Waals surface area contributed by atoms with Crippen molar-refractivity contribution >= 4 is 11.7 Å². The van der Waals surface area contributed by atoms with Crippen LogP contribution in [0.15, 0.2) is 30.6 Å². The highest BCUT2D eigenvalue weighted by Crippen LogP contribution is 2.46. The van der Waals surface area contributed by atoms with E-state index in [0.717, 1.165) is 30.0 Å². The number of hydrogen-bond donors (Lipinski definition) is 2. The summed E-state index contributed by atoms with van der Waals surface area (Å²) in [6.45, 7) is 6.50. The van der Waals surface area contributed by atoms with Gasteiger partial charge in [-0.2, -0.15) is 0 Å². The van der Waals surface area contributed by atoms with E-state index in [1.165, 1.54) is 6.07 Å². The lowest BCUT2D eigenvalue weighted by Gasteiger charge is -2.36. The fraction of sp³-hybridized carbons (Fsp3) is 0.500. The number of anilines is 1. The molecule has 0 amide bonds. The zero-order valence-corrected chi connectivity index (χ0v) is 15.8. The minimum absolute atomic E-state index is 0.0358. The van der Waals surface area contributed by atoms with E-state index >= 15 is 0 Å². The van der Waals surface area contributed by atoms with Crippen molar-refractivity contribution in [1.29, 1.82) is 0 Å². The maximum atomic E-state index is 13.7. The first-order valence-electron chi connectivity index (χ1n) is 9.32. The van der Waals surface area contributed by atoms with E-state index < -0.39 is 5.41 Å². The van der Waals surface area contributed by atoms with Gasteiger partial charge in [0.2, 0.25) is 0 Å². The van der Waals surface area contributed by atoms with Gasteiger partial charge in [0.25, 0.3) is 0 Å². The Balaban J connectivity index is 1.60. The minimum Gasteiger partial charge on any atom is -0.443 e. The van der Waals surface area contributed by atoms with Gasteiger partial charge in [-0.3, -0.25) is 9.36 Å². The summed E-state index contributed by atoms with van der Waals surface area (Å²) in [7, 11) is 0. The molecule has 0 aliphatic carbocycles. The van der Waals surface area contributed by atoms with Crippen molar-refractivity contribution in [2.45, 2.75) is 46.0 Å². The molecule has 2 N–H and O–H groups in total. The van der Waals surface area contributed by atoms with Crippen LogP contribution in [0, 0.1) is 17.2 Å². The fourth-order valence-electron chi connectivity index (χ4n) is 3.93. The van der Waals surface area contributed by atoms with Crippen LogP contribution in [0.25, 0.3) is 0 Å². The predicted molar refractivity (Wildman–Crippen MR) is 99.4 cm³/mol. The molecule has 1 aromatic carbocycles. The van der Waals surface area contributed by atoms with Gasteiger partial charge in [-0.15, -0.1) is 0 Å². The van der Waals surface area contributed by atoms with Crippen molar-refractivity contribution in [2.75, 3.05) is 11.9 Å². The summed E-state index contributed by atoms with van der Waals surface area (Å²) in [5.74, 6) is 0.598. The van der Waals surface area contributed by atoms with E-state index in [2.05, 4.69) is 15.6 Å². The van der Waals surface area contributed by atoms with Gasteiger partial charge >= 0.3 is 5.97 Å². The van der Waals surface area contributed by atoms with E-state index in [1.807, 2.05) is 31.5 Å². The van der Waals surface area contributed by atoms with Crippen molar-refractivity contribution in [1.82, 2.24) is 14.9 Å². The van der Waals surface area contributed by atoms with E-state index in [4.69, 9.17) is 4.74 Å². The molecule has 1 unspecified atom stereocenters. The van der Waals surface area contributed by atoms with Crippen LogP contribution in [0.5, 0.6) is 0 Å². The molecule has 27 heavy (non-hydrogen) atoms. The van der Waals surface area contributed by atoms with Gasteiger partial charge in [-0.25, -0.2) is 9.37 Å².